The first-order valence-corrected chi connectivity index (χ1v) is 4.78. The van der Waals surface area contributed by atoms with Gasteiger partial charge in [-0.25, -0.2) is 0 Å². The van der Waals surface area contributed by atoms with E-state index in [0.29, 0.717) is 0 Å². The van der Waals surface area contributed by atoms with Gasteiger partial charge in [0.15, 0.2) is 0 Å². The van der Waals surface area contributed by atoms with E-state index in [0.717, 1.165) is 22.2 Å². The first kappa shape index (κ1) is 9.77. The average molecular weight is 203 g/mol. The molecule has 2 aromatic rings. The summed E-state index contributed by atoms with van der Waals surface area (Å²) in [4.78, 5) is 11.7. The maximum absolute atomic E-state index is 11.7. The van der Waals surface area contributed by atoms with Gasteiger partial charge in [-0.15, -0.1) is 0 Å². The van der Waals surface area contributed by atoms with Crippen molar-refractivity contribution in [3.8, 4) is 5.75 Å². The predicted molar refractivity (Wildman–Crippen MR) is 60.5 cm³/mol. The van der Waals surface area contributed by atoms with Crippen LogP contribution in [0, 0.1) is 6.92 Å². The van der Waals surface area contributed by atoms with Gasteiger partial charge in [-0.2, -0.15) is 0 Å². The molecule has 0 saturated heterocycles. The second kappa shape index (κ2) is 3.42. The molecule has 0 aliphatic rings. The van der Waals surface area contributed by atoms with Crippen LogP contribution in [0.4, 0.5) is 0 Å². The lowest BCUT2D eigenvalue weighted by molar-refractivity contribution is 0.415. The van der Waals surface area contributed by atoms with Crippen molar-refractivity contribution in [1.29, 1.82) is 0 Å². The lowest BCUT2D eigenvalue weighted by Crippen LogP contribution is -2.18. The molecule has 2 rings (SSSR count). The number of aryl methyl sites for hydroxylation is 2. The zero-order valence-corrected chi connectivity index (χ0v) is 9.07. The predicted octanol–water partition coefficient (Wildman–Crippen LogP) is 1.86. The Kier molecular flexibility index (Phi) is 2.23. The summed E-state index contributed by atoms with van der Waals surface area (Å²) in [5.74, 6) is 0.806. The maximum Gasteiger partial charge on any atom is 0.253 e. The monoisotopic (exact) mass is 203 g/mol. The molecular formula is C12H13NO2. The van der Waals surface area contributed by atoms with Crippen LogP contribution in [0.25, 0.3) is 10.9 Å². The molecule has 0 aliphatic carbocycles. The average Bonchev–Trinajstić information content (AvgIpc) is 2.25. The van der Waals surface area contributed by atoms with E-state index < -0.39 is 0 Å². The zero-order valence-electron chi connectivity index (χ0n) is 9.07. The highest BCUT2D eigenvalue weighted by molar-refractivity contribution is 5.81. The number of pyridine rings is 1. The van der Waals surface area contributed by atoms with Gasteiger partial charge < -0.3 is 9.30 Å². The molecule has 1 heterocycles. The van der Waals surface area contributed by atoms with E-state index in [1.165, 1.54) is 0 Å². The number of ether oxygens (including phenoxy) is 1. The van der Waals surface area contributed by atoms with Crippen LogP contribution < -0.4 is 10.3 Å². The minimum Gasteiger partial charge on any atom is -0.497 e. The fourth-order valence-electron chi connectivity index (χ4n) is 1.75. The molecule has 1 aromatic heterocycles. The molecule has 0 radical (unpaired) electrons. The highest BCUT2D eigenvalue weighted by Crippen LogP contribution is 2.19. The molecule has 0 N–H and O–H groups in total. The van der Waals surface area contributed by atoms with Gasteiger partial charge in [0.2, 0.25) is 0 Å². The van der Waals surface area contributed by atoms with E-state index in [2.05, 4.69) is 0 Å². The number of hydrogen-bond acceptors (Lipinski definition) is 2. The first-order valence-electron chi connectivity index (χ1n) is 4.78. The van der Waals surface area contributed by atoms with E-state index in [4.69, 9.17) is 4.74 Å². The van der Waals surface area contributed by atoms with Crippen LogP contribution in [0.3, 0.4) is 0 Å². The minimum atomic E-state index is 0.0488. The Morgan fingerprint density at radius 2 is 2.00 bits per heavy atom. The number of hydrogen-bond donors (Lipinski definition) is 0. The number of aromatic nitrogens is 1. The Balaban J connectivity index is 2.86. The number of nitrogens with zero attached hydrogens (tertiary/aromatic N) is 1. The Morgan fingerprint density at radius 1 is 1.27 bits per heavy atom. The molecule has 0 amide bonds. The second-order valence-corrected chi connectivity index (χ2v) is 3.62. The summed E-state index contributed by atoms with van der Waals surface area (Å²) in [7, 11) is 3.42. The fraction of sp³-hybridized carbons (Fsp3) is 0.250. The van der Waals surface area contributed by atoms with Gasteiger partial charge in [0.25, 0.3) is 5.56 Å². The Morgan fingerprint density at radius 3 is 2.67 bits per heavy atom. The molecule has 0 saturated carbocycles. The summed E-state index contributed by atoms with van der Waals surface area (Å²) < 4.78 is 6.80. The third-order valence-corrected chi connectivity index (χ3v) is 2.61. The molecule has 3 heteroatoms. The molecule has 0 fully saturated rings. The molecular weight excluding hydrogens is 190 g/mol. The van der Waals surface area contributed by atoms with Crippen molar-refractivity contribution < 1.29 is 4.74 Å². The van der Waals surface area contributed by atoms with Crippen molar-refractivity contribution in [3.05, 3.63) is 40.2 Å². The molecule has 1 aromatic carbocycles. The molecule has 0 aliphatic heterocycles. The summed E-state index contributed by atoms with van der Waals surface area (Å²) in [5, 5.41) is 1.02. The van der Waals surface area contributed by atoms with Gasteiger partial charge in [-0.05, 0) is 31.2 Å². The van der Waals surface area contributed by atoms with Gasteiger partial charge in [-0.1, -0.05) is 0 Å². The number of benzene rings is 1. The quantitative estimate of drug-likeness (QED) is 0.708. The minimum absolute atomic E-state index is 0.0488. The smallest absolute Gasteiger partial charge is 0.253 e. The normalized spacial score (nSPS) is 10.6. The molecule has 78 valence electrons. The molecule has 0 bridgehead atoms. The summed E-state index contributed by atoms with van der Waals surface area (Å²) in [6, 6.07) is 7.58. The van der Waals surface area contributed by atoms with Crippen molar-refractivity contribution in [2.24, 2.45) is 7.05 Å². The van der Waals surface area contributed by atoms with Crippen molar-refractivity contribution in [2.75, 3.05) is 7.11 Å². The van der Waals surface area contributed by atoms with Crippen molar-refractivity contribution in [2.45, 2.75) is 6.92 Å². The lowest BCUT2D eigenvalue weighted by Gasteiger charge is -2.07. The third-order valence-electron chi connectivity index (χ3n) is 2.61. The standard InChI is InChI=1S/C12H13NO2/c1-8-6-9-7-10(15-3)4-5-11(9)13(2)12(8)14/h4-7H,1-3H3. The second-order valence-electron chi connectivity index (χ2n) is 3.62. The molecule has 0 unspecified atom stereocenters. The Labute approximate surface area is 87.9 Å². The topological polar surface area (TPSA) is 31.2 Å². The van der Waals surface area contributed by atoms with Gasteiger partial charge in [-0.3, -0.25) is 4.79 Å². The zero-order chi connectivity index (χ0) is 11.0. The number of fused-ring (bicyclic) bond motifs is 1. The Bertz CT molecular complexity index is 570. The van der Waals surface area contributed by atoms with E-state index in [9.17, 15) is 4.79 Å². The van der Waals surface area contributed by atoms with Crippen LogP contribution in [-0.2, 0) is 7.05 Å². The van der Waals surface area contributed by atoms with Gasteiger partial charge in [0, 0.05) is 18.0 Å². The summed E-state index contributed by atoms with van der Waals surface area (Å²) in [6.07, 6.45) is 0. The molecule has 3 nitrogen and oxygen atoms in total. The van der Waals surface area contributed by atoms with Crippen LogP contribution in [0.1, 0.15) is 5.56 Å². The van der Waals surface area contributed by atoms with Gasteiger partial charge in [0.05, 0.1) is 12.6 Å². The van der Waals surface area contributed by atoms with Gasteiger partial charge >= 0.3 is 0 Å². The maximum atomic E-state index is 11.7. The van der Waals surface area contributed by atoms with E-state index in [-0.39, 0.29) is 5.56 Å². The molecule has 15 heavy (non-hydrogen) atoms. The van der Waals surface area contributed by atoms with Crippen LogP contribution in [-0.4, -0.2) is 11.7 Å². The van der Waals surface area contributed by atoms with Crippen molar-refractivity contribution in [3.63, 3.8) is 0 Å². The summed E-state index contributed by atoms with van der Waals surface area (Å²) in [6.45, 7) is 1.82. The van der Waals surface area contributed by atoms with E-state index in [1.54, 1.807) is 18.7 Å². The lowest BCUT2D eigenvalue weighted by atomic mass is 10.1. The third kappa shape index (κ3) is 1.50. The fourth-order valence-corrected chi connectivity index (χ4v) is 1.75. The highest BCUT2D eigenvalue weighted by atomic mass is 16.5. The van der Waals surface area contributed by atoms with Crippen molar-refractivity contribution in [1.82, 2.24) is 4.57 Å². The summed E-state index contributed by atoms with van der Waals surface area (Å²) in [5.41, 5.74) is 1.72. The number of rotatable bonds is 1. The van der Waals surface area contributed by atoms with Crippen LogP contribution in [0.5, 0.6) is 5.75 Å². The number of methoxy groups -OCH3 is 1. The van der Waals surface area contributed by atoms with E-state index in [1.807, 2.05) is 31.2 Å². The highest BCUT2D eigenvalue weighted by Gasteiger charge is 2.03. The largest absolute Gasteiger partial charge is 0.497 e. The van der Waals surface area contributed by atoms with Gasteiger partial charge in [0.1, 0.15) is 5.75 Å². The van der Waals surface area contributed by atoms with Crippen molar-refractivity contribution >= 4 is 10.9 Å². The van der Waals surface area contributed by atoms with E-state index >= 15 is 0 Å². The Hall–Kier alpha value is -1.77. The summed E-state index contributed by atoms with van der Waals surface area (Å²) >= 11 is 0. The first-order chi connectivity index (χ1) is 7.13. The van der Waals surface area contributed by atoms with Crippen LogP contribution >= 0.6 is 0 Å². The van der Waals surface area contributed by atoms with Crippen LogP contribution in [0.2, 0.25) is 0 Å². The molecule has 0 atom stereocenters. The van der Waals surface area contributed by atoms with Crippen LogP contribution in [0.15, 0.2) is 29.1 Å². The molecule has 0 spiro atoms. The SMILES string of the molecule is COc1ccc2c(c1)cc(C)c(=O)n2C.